The quantitative estimate of drug-likeness (QED) is 0.811. The highest BCUT2D eigenvalue weighted by atomic mass is 32.2. The first-order valence-electron chi connectivity index (χ1n) is 10.1. The molecule has 2 heterocycles. The maximum atomic E-state index is 12.9. The van der Waals surface area contributed by atoms with Gasteiger partial charge in [0.2, 0.25) is 0 Å². The van der Waals surface area contributed by atoms with Crippen LogP contribution in [-0.4, -0.2) is 62.2 Å². The standard InChI is InChI=1S/C22H26N2O4S/c25-18-9-7-17(8-10-18)24-14-12-23(13-15-24)11-3-4-19-16-21(26)20-5-1-2-6-22(20)29(19,27)28/h1-2,5-10,19,25H,3-4,11-16H2. The fraction of sp³-hybridized carbons (Fsp3) is 0.409. The number of carbonyl (C=O) groups is 1. The van der Waals surface area contributed by atoms with E-state index in [1.54, 1.807) is 36.4 Å². The van der Waals surface area contributed by atoms with Gasteiger partial charge in [0.05, 0.1) is 10.1 Å². The minimum absolute atomic E-state index is 0.0667. The van der Waals surface area contributed by atoms with Crippen molar-refractivity contribution in [2.45, 2.75) is 29.4 Å². The van der Waals surface area contributed by atoms with Crippen molar-refractivity contribution in [2.24, 2.45) is 0 Å². The molecule has 0 amide bonds. The maximum Gasteiger partial charge on any atom is 0.182 e. The summed E-state index contributed by atoms with van der Waals surface area (Å²) in [7, 11) is -3.44. The molecule has 0 saturated carbocycles. The van der Waals surface area contributed by atoms with E-state index < -0.39 is 15.1 Å². The van der Waals surface area contributed by atoms with Crippen molar-refractivity contribution in [1.82, 2.24) is 4.90 Å². The molecular weight excluding hydrogens is 388 g/mol. The first-order valence-corrected chi connectivity index (χ1v) is 11.6. The lowest BCUT2D eigenvalue weighted by atomic mass is 10.0. The first kappa shape index (κ1) is 19.9. The summed E-state index contributed by atoms with van der Waals surface area (Å²) in [6.07, 6.45) is 1.37. The monoisotopic (exact) mass is 414 g/mol. The third-order valence-electron chi connectivity index (χ3n) is 5.93. The van der Waals surface area contributed by atoms with Crippen LogP contribution in [0.2, 0.25) is 0 Å². The van der Waals surface area contributed by atoms with Crippen molar-refractivity contribution in [3.05, 3.63) is 54.1 Å². The van der Waals surface area contributed by atoms with Gasteiger partial charge in [-0.05, 0) is 49.7 Å². The van der Waals surface area contributed by atoms with Gasteiger partial charge in [-0.15, -0.1) is 0 Å². The topological polar surface area (TPSA) is 77.9 Å². The predicted molar refractivity (Wildman–Crippen MR) is 112 cm³/mol. The molecule has 0 aromatic heterocycles. The fourth-order valence-corrected chi connectivity index (χ4v) is 6.21. The average molecular weight is 415 g/mol. The van der Waals surface area contributed by atoms with Crippen molar-refractivity contribution < 1.29 is 18.3 Å². The molecule has 0 bridgehead atoms. The minimum atomic E-state index is -3.44. The number of sulfone groups is 1. The van der Waals surface area contributed by atoms with Crippen molar-refractivity contribution in [2.75, 3.05) is 37.6 Å². The van der Waals surface area contributed by atoms with Crippen molar-refractivity contribution in [3.63, 3.8) is 0 Å². The summed E-state index contributed by atoms with van der Waals surface area (Å²) < 4.78 is 25.7. The van der Waals surface area contributed by atoms with Gasteiger partial charge < -0.3 is 10.0 Å². The van der Waals surface area contributed by atoms with Crippen LogP contribution in [0.1, 0.15) is 29.6 Å². The van der Waals surface area contributed by atoms with Gasteiger partial charge in [-0.1, -0.05) is 18.2 Å². The Kier molecular flexibility index (Phi) is 5.61. The Bertz CT molecular complexity index is 980. The molecule has 6 nitrogen and oxygen atoms in total. The Balaban J connectivity index is 1.29. The Morgan fingerprint density at radius 2 is 1.66 bits per heavy atom. The number of aromatic hydroxyl groups is 1. The van der Waals surface area contributed by atoms with Gasteiger partial charge in [0.25, 0.3) is 0 Å². The van der Waals surface area contributed by atoms with E-state index in [9.17, 15) is 18.3 Å². The normalized spacial score (nSPS) is 21.7. The highest BCUT2D eigenvalue weighted by molar-refractivity contribution is 7.92. The zero-order valence-corrected chi connectivity index (χ0v) is 17.1. The van der Waals surface area contributed by atoms with E-state index in [1.807, 2.05) is 12.1 Å². The van der Waals surface area contributed by atoms with Gasteiger partial charge in [-0.3, -0.25) is 9.69 Å². The molecule has 2 aliphatic rings. The molecule has 1 fully saturated rings. The molecule has 154 valence electrons. The Labute approximate surface area is 171 Å². The second kappa shape index (κ2) is 8.16. The summed E-state index contributed by atoms with van der Waals surface area (Å²) in [4.78, 5) is 17.2. The lowest BCUT2D eigenvalue weighted by Gasteiger charge is -2.36. The first-order chi connectivity index (χ1) is 13.9. The third kappa shape index (κ3) is 4.16. The molecule has 4 rings (SSSR count). The Morgan fingerprint density at radius 1 is 0.966 bits per heavy atom. The number of phenols is 1. The van der Waals surface area contributed by atoms with Gasteiger partial charge in [-0.2, -0.15) is 0 Å². The van der Waals surface area contributed by atoms with Crippen molar-refractivity contribution >= 4 is 21.3 Å². The molecule has 1 N–H and O–H groups in total. The summed E-state index contributed by atoms with van der Waals surface area (Å²) in [6.45, 7) is 4.47. The van der Waals surface area contributed by atoms with Gasteiger partial charge in [-0.25, -0.2) is 8.42 Å². The summed E-state index contributed by atoms with van der Waals surface area (Å²) >= 11 is 0. The number of benzene rings is 2. The molecule has 1 unspecified atom stereocenters. The van der Waals surface area contributed by atoms with E-state index in [1.165, 1.54) is 0 Å². The number of carbonyl (C=O) groups excluding carboxylic acids is 1. The van der Waals surface area contributed by atoms with Crippen LogP contribution in [0.15, 0.2) is 53.4 Å². The molecular formula is C22H26N2O4S. The molecule has 0 aliphatic carbocycles. The largest absolute Gasteiger partial charge is 0.508 e. The highest BCUT2D eigenvalue weighted by Gasteiger charge is 2.37. The lowest BCUT2D eigenvalue weighted by Crippen LogP contribution is -2.46. The van der Waals surface area contributed by atoms with E-state index in [0.29, 0.717) is 12.0 Å². The Morgan fingerprint density at radius 3 is 2.38 bits per heavy atom. The SMILES string of the molecule is O=C1CC(CCCN2CCN(c3ccc(O)cc3)CC2)S(=O)(=O)c2ccccc21. The number of anilines is 1. The average Bonchev–Trinajstić information content (AvgIpc) is 2.73. The molecule has 1 atom stereocenters. The predicted octanol–water partition coefficient (Wildman–Crippen LogP) is 2.72. The van der Waals surface area contributed by atoms with Crippen LogP contribution in [0.4, 0.5) is 5.69 Å². The summed E-state index contributed by atoms with van der Waals surface area (Å²) in [5.74, 6) is 0.203. The fourth-order valence-electron chi connectivity index (χ4n) is 4.24. The van der Waals surface area contributed by atoms with Gasteiger partial charge in [0, 0.05) is 43.9 Å². The van der Waals surface area contributed by atoms with Gasteiger partial charge >= 0.3 is 0 Å². The molecule has 0 radical (unpaired) electrons. The van der Waals surface area contributed by atoms with Crippen molar-refractivity contribution in [3.8, 4) is 5.75 Å². The van der Waals surface area contributed by atoms with Crippen LogP contribution in [-0.2, 0) is 9.84 Å². The number of hydrogen-bond acceptors (Lipinski definition) is 6. The van der Waals surface area contributed by atoms with Crippen LogP contribution in [0.3, 0.4) is 0 Å². The van der Waals surface area contributed by atoms with E-state index >= 15 is 0 Å². The third-order valence-corrected chi connectivity index (χ3v) is 8.18. The molecule has 2 aliphatic heterocycles. The zero-order chi connectivity index (χ0) is 20.4. The maximum absolute atomic E-state index is 12.9. The molecule has 2 aromatic rings. The molecule has 7 heteroatoms. The van der Waals surface area contributed by atoms with Crippen LogP contribution < -0.4 is 4.90 Å². The summed E-state index contributed by atoms with van der Waals surface area (Å²) in [6, 6.07) is 13.8. The minimum Gasteiger partial charge on any atom is -0.508 e. The van der Waals surface area contributed by atoms with E-state index in [2.05, 4.69) is 9.80 Å². The number of Topliss-reactive ketones (excluding diaryl/α,β-unsaturated/α-hetero) is 1. The summed E-state index contributed by atoms with van der Waals surface area (Å²) in [5, 5.41) is 8.81. The van der Waals surface area contributed by atoms with Crippen molar-refractivity contribution in [1.29, 1.82) is 0 Å². The smallest absolute Gasteiger partial charge is 0.182 e. The van der Waals surface area contributed by atoms with Crippen LogP contribution in [0, 0.1) is 0 Å². The van der Waals surface area contributed by atoms with Crippen LogP contribution in [0.5, 0.6) is 5.75 Å². The number of rotatable bonds is 5. The van der Waals surface area contributed by atoms with E-state index in [4.69, 9.17) is 0 Å². The van der Waals surface area contributed by atoms with Crippen LogP contribution in [0.25, 0.3) is 0 Å². The number of ketones is 1. The molecule has 1 saturated heterocycles. The lowest BCUT2D eigenvalue weighted by molar-refractivity contribution is 0.0972. The second-order valence-corrected chi connectivity index (χ2v) is 9.97. The highest BCUT2D eigenvalue weighted by Crippen LogP contribution is 2.32. The molecule has 29 heavy (non-hydrogen) atoms. The van der Waals surface area contributed by atoms with Gasteiger partial charge in [0.1, 0.15) is 5.75 Å². The number of piperazine rings is 1. The number of fused-ring (bicyclic) bond motifs is 1. The van der Waals surface area contributed by atoms with Crippen LogP contribution >= 0.6 is 0 Å². The second-order valence-electron chi connectivity index (χ2n) is 7.78. The van der Waals surface area contributed by atoms with E-state index in [-0.39, 0.29) is 22.8 Å². The Hall–Kier alpha value is -2.38. The zero-order valence-electron chi connectivity index (χ0n) is 16.3. The number of hydrogen-bond donors (Lipinski definition) is 1. The number of nitrogens with zero attached hydrogens (tertiary/aromatic N) is 2. The number of phenolic OH excluding ortho intramolecular Hbond substituents is 1. The van der Waals surface area contributed by atoms with Gasteiger partial charge in [0.15, 0.2) is 15.6 Å². The van der Waals surface area contributed by atoms with E-state index in [0.717, 1.165) is 44.8 Å². The molecule has 0 spiro atoms. The summed E-state index contributed by atoms with van der Waals surface area (Å²) in [5.41, 5.74) is 1.45. The molecule has 2 aromatic carbocycles.